The third-order valence-electron chi connectivity index (χ3n) is 2.91. The zero-order chi connectivity index (χ0) is 14.8. The number of aromatic nitrogens is 2. The van der Waals surface area contributed by atoms with Crippen molar-refractivity contribution < 1.29 is 0 Å². The van der Waals surface area contributed by atoms with Crippen molar-refractivity contribution >= 4 is 38.6 Å². The summed E-state index contributed by atoms with van der Waals surface area (Å²) in [5.74, 6) is 0. The molecule has 0 saturated carbocycles. The molecule has 0 aliphatic heterocycles. The molecule has 2 heterocycles. The highest BCUT2D eigenvalue weighted by atomic mass is 32.1. The van der Waals surface area contributed by atoms with Crippen LogP contribution in [0.1, 0.15) is 5.69 Å². The molecule has 0 spiro atoms. The van der Waals surface area contributed by atoms with Gasteiger partial charge in [0.25, 0.3) is 5.56 Å². The van der Waals surface area contributed by atoms with E-state index in [1.54, 1.807) is 6.07 Å². The average Bonchev–Trinajstić information content (AvgIpc) is 2.47. The number of nitrogens with two attached hydrogens (primary N) is 1. The molecule has 3 aromatic rings. The Hall–Kier alpha value is -2.18. The molecular formula is C15H11N3OS2. The molecule has 2 aromatic heterocycles. The van der Waals surface area contributed by atoms with Crippen LogP contribution in [-0.4, -0.2) is 15.0 Å². The lowest BCUT2D eigenvalue weighted by atomic mass is 10.2. The first-order valence-electron chi connectivity index (χ1n) is 6.28. The highest BCUT2D eigenvalue weighted by Crippen LogP contribution is 2.24. The van der Waals surface area contributed by atoms with E-state index in [9.17, 15) is 4.79 Å². The van der Waals surface area contributed by atoms with Gasteiger partial charge in [-0.25, -0.2) is 4.98 Å². The maximum Gasteiger partial charge on any atom is 0.279 e. The summed E-state index contributed by atoms with van der Waals surface area (Å²) in [6.07, 6.45) is 0.436. The Kier molecular flexibility index (Phi) is 3.72. The van der Waals surface area contributed by atoms with Gasteiger partial charge in [-0.05, 0) is 24.3 Å². The molecule has 3 rings (SSSR count). The van der Waals surface area contributed by atoms with E-state index in [4.69, 9.17) is 18.0 Å². The molecule has 2 N–H and O–H groups in total. The van der Waals surface area contributed by atoms with Crippen LogP contribution >= 0.6 is 23.6 Å². The molecule has 0 aliphatic rings. The molecule has 0 atom stereocenters. The van der Waals surface area contributed by atoms with Gasteiger partial charge in [-0.15, -0.1) is 11.3 Å². The number of hydrogen-bond donors (Lipinski definition) is 1. The average molecular weight is 313 g/mol. The zero-order valence-corrected chi connectivity index (χ0v) is 12.6. The summed E-state index contributed by atoms with van der Waals surface area (Å²) in [6, 6.07) is 13.0. The SMILES string of the molecule is NC(=S)Cc1cccc(-c2nc(=O)c3ccccc3s2)n1. The van der Waals surface area contributed by atoms with E-state index in [1.807, 2.05) is 36.4 Å². The second-order valence-electron chi connectivity index (χ2n) is 4.48. The van der Waals surface area contributed by atoms with Gasteiger partial charge >= 0.3 is 0 Å². The van der Waals surface area contributed by atoms with Crippen molar-refractivity contribution in [3.05, 3.63) is 58.5 Å². The van der Waals surface area contributed by atoms with Crippen LogP contribution in [0.5, 0.6) is 0 Å². The largest absolute Gasteiger partial charge is 0.393 e. The van der Waals surface area contributed by atoms with Crippen LogP contribution < -0.4 is 11.3 Å². The number of benzene rings is 1. The Morgan fingerprint density at radius 2 is 1.95 bits per heavy atom. The molecule has 21 heavy (non-hydrogen) atoms. The van der Waals surface area contributed by atoms with Crippen LogP contribution in [-0.2, 0) is 6.42 Å². The molecule has 0 fully saturated rings. The van der Waals surface area contributed by atoms with E-state index in [1.165, 1.54) is 11.3 Å². The topological polar surface area (TPSA) is 68.9 Å². The number of pyridine rings is 1. The van der Waals surface area contributed by atoms with Crippen LogP contribution in [0.2, 0.25) is 0 Å². The molecule has 0 aliphatic carbocycles. The van der Waals surface area contributed by atoms with Gasteiger partial charge < -0.3 is 5.73 Å². The van der Waals surface area contributed by atoms with Gasteiger partial charge in [-0.3, -0.25) is 4.79 Å². The first-order valence-corrected chi connectivity index (χ1v) is 7.50. The molecule has 0 radical (unpaired) electrons. The van der Waals surface area contributed by atoms with Crippen molar-refractivity contribution in [2.75, 3.05) is 0 Å². The van der Waals surface area contributed by atoms with E-state index >= 15 is 0 Å². The second kappa shape index (κ2) is 5.67. The highest BCUT2D eigenvalue weighted by molar-refractivity contribution is 7.80. The van der Waals surface area contributed by atoms with E-state index in [0.717, 1.165) is 10.4 Å². The lowest BCUT2D eigenvalue weighted by Gasteiger charge is -2.04. The fourth-order valence-corrected chi connectivity index (χ4v) is 3.11. The third-order valence-corrected chi connectivity index (χ3v) is 4.12. The van der Waals surface area contributed by atoms with E-state index in [2.05, 4.69) is 9.97 Å². The first-order chi connectivity index (χ1) is 10.1. The van der Waals surface area contributed by atoms with E-state index in [0.29, 0.717) is 27.5 Å². The number of hydrogen-bond acceptors (Lipinski definition) is 5. The van der Waals surface area contributed by atoms with Crippen molar-refractivity contribution in [1.82, 2.24) is 9.97 Å². The van der Waals surface area contributed by atoms with Crippen molar-refractivity contribution in [1.29, 1.82) is 0 Å². The Bertz CT molecular complexity index is 889. The first kappa shape index (κ1) is 13.8. The summed E-state index contributed by atoms with van der Waals surface area (Å²) in [7, 11) is 0. The summed E-state index contributed by atoms with van der Waals surface area (Å²) in [5.41, 5.74) is 6.74. The molecule has 0 saturated heterocycles. The van der Waals surface area contributed by atoms with Crippen LogP contribution in [0.4, 0.5) is 0 Å². The third kappa shape index (κ3) is 2.96. The van der Waals surface area contributed by atoms with Crippen LogP contribution in [0.15, 0.2) is 47.3 Å². The Morgan fingerprint density at radius 3 is 2.76 bits per heavy atom. The summed E-state index contributed by atoms with van der Waals surface area (Å²) >= 11 is 6.34. The second-order valence-corrected chi connectivity index (χ2v) is 6.03. The Morgan fingerprint density at radius 1 is 1.14 bits per heavy atom. The maximum atomic E-state index is 12.1. The normalized spacial score (nSPS) is 10.7. The number of thiocarbonyl (C=S) groups is 1. The smallest absolute Gasteiger partial charge is 0.279 e. The van der Waals surface area contributed by atoms with Gasteiger partial charge in [0.15, 0.2) is 0 Å². The van der Waals surface area contributed by atoms with Gasteiger partial charge in [0.1, 0.15) is 5.01 Å². The van der Waals surface area contributed by atoms with Gasteiger partial charge in [-0.2, -0.15) is 4.98 Å². The minimum absolute atomic E-state index is 0.235. The predicted molar refractivity (Wildman–Crippen MR) is 89.6 cm³/mol. The lowest BCUT2D eigenvalue weighted by molar-refractivity contribution is 1.14. The summed E-state index contributed by atoms with van der Waals surface area (Å²) in [5, 5.41) is 1.23. The predicted octanol–water partition coefficient (Wildman–Crippen LogP) is 2.55. The fraction of sp³-hybridized carbons (Fsp3) is 0.0667. The monoisotopic (exact) mass is 313 g/mol. The molecule has 0 amide bonds. The molecule has 1 aromatic carbocycles. The minimum atomic E-state index is -0.235. The molecule has 104 valence electrons. The molecular weight excluding hydrogens is 302 g/mol. The summed E-state index contributed by atoms with van der Waals surface area (Å²) in [6.45, 7) is 0. The van der Waals surface area contributed by atoms with Gasteiger partial charge in [0, 0.05) is 16.8 Å². The Balaban J connectivity index is 2.12. The lowest BCUT2D eigenvalue weighted by Crippen LogP contribution is -2.12. The molecule has 0 bridgehead atoms. The molecule has 6 heteroatoms. The quantitative estimate of drug-likeness (QED) is 0.753. The summed E-state index contributed by atoms with van der Waals surface area (Å²) in [4.78, 5) is 21.1. The van der Waals surface area contributed by atoms with Crippen molar-refractivity contribution in [2.45, 2.75) is 6.42 Å². The molecule has 4 nitrogen and oxygen atoms in total. The standard InChI is InChI=1S/C15H11N3OS2/c16-13(20)8-9-4-3-6-11(17-9)15-18-14(19)10-5-1-2-7-12(10)21-15/h1-7H,8H2,(H2,16,20). The van der Waals surface area contributed by atoms with Crippen molar-refractivity contribution in [3.8, 4) is 10.7 Å². The van der Waals surface area contributed by atoms with Gasteiger partial charge in [0.2, 0.25) is 0 Å². The van der Waals surface area contributed by atoms with Crippen LogP contribution in [0, 0.1) is 0 Å². The van der Waals surface area contributed by atoms with E-state index in [-0.39, 0.29) is 5.56 Å². The number of nitrogens with zero attached hydrogens (tertiary/aromatic N) is 2. The van der Waals surface area contributed by atoms with Crippen molar-refractivity contribution in [3.63, 3.8) is 0 Å². The van der Waals surface area contributed by atoms with Crippen LogP contribution in [0.3, 0.4) is 0 Å². The minimum Gasteiger partial charge on any atom is -0.393 e. The van der Waals surface area contributed by atoms with Gasteiger partial charge in [-0.1, -0.05) is 30.4 Å². The zero-order valence-electron chi connectivity index (χ0n) is 10.9. The maximum absolute atomic E-state index is 12.1. The van der Waals surface area contributed by atoms with Crippen molar-refractivity contribution in [2.24, 2.45) is 5.73 Å². The Labute approximate surface area is 130 Å². The molecule has 0 unspecified atom stereocenters. The number of fused-ring (bicyclic) bond motifs is 1. The fourth-order valence-electron chi connectivity index (χ4n) is 2.00. The highest BCUT2D eigenvalue weighted by Gasteiger charge is 2.08. The van der Waals surface area contributed by atoms with Crippen LogP contribution in [0.25, 0.3) is 20.8 Å². The number of rotatable bonds is 3. The van der Waals surface area contributed by atoms with Gasteiger partial charge in [0.05, 0.1) is 16.1 Å². The summed E-state index contributed by atoms with van der Waals surface area (Å²) < 4.78 is 0.897. The van der Waals surface area contributed by atoms with E-state index < -0.39 is 0 Å².